The molecule has 96 valence electrons. The maximum Gasteiger partial charge on any atom is 0.472 e. The van der Waals surface area contributed by atoms with Gasteiger partial charge in [-0.3, -0.25) is 4.52 Å². The standard InChI is InChI=1S/C6H12FO8P/c7-3-5(10)4(9)2(1-8)14-6(3)15-16(11,12)13/h2-6,8-10H,1H2,(H2,11,12,13)/t2-,3-,4+,5-,6?/m1/s1. The Morgan fingerprint density at radius 2 is 1.88 bits per heavy atom. The number of aliphatic hydroxyl groups excluding tert-OH is 3. The molecule has 0 aromatic carbocycles. The Bertz CT molecular complexity index is 280. The van der Waals surface area contributed by atoms with Crippen LogP contribution in [-0.4, -0.2) is 62.5 Å². The maximum absolute atomic E-state index is 13.2. The Morgan fingerprint density at radius 1 is 1.31 bits per heavy atom. The number of aliphatic hydroxyl groups is 3. The zero-order chi connectivity index (χ0) is 12.5. The Labute approximate surface area is 89.5 Å². The highest BCUT2D eigenvalue weighted by Crippen LogP contribution is 2.41. The minimum absolute atomic E-state index is 0.758. The Kier molecular flexibility index (Phi) is 4.38. The molecule has 0 saturated carbocycles. The first-order chi connectivity index (χ1) is 7.26. The zero-order valence-electron chi connectivity index (χ0n) is 7.88. The second kappa shape index (κ2) is 5.03. The fourth-order valence-corrected chi connectivity index (χ4v) is 1.70. The van der Waals surface area contributed by atoms with Gasteiger partial charge in [0.2, 0.25) is 6.29 Å². The number of hydrogen-bond acceptors (Lipinski definition) is 6. The largest absolute Gasteiger partial charge is 0.472 e. The first-order valence-corrected chi connectivity index (χ1v) is 5.79. The number of rotatable bonds is 3. The summed E-state index contributed by atoms with van der Waals surface area (Å²) >= 11 is 0. The molecular weight excluding hydrogens is 250 g/mol. The van der Waals surface area contributed by atoms with Gasteiger partial charge in [-0.15, -0.1) is 0 Å². The molecule has 1 rings (SSSR count). The van der Waals surface area contributed by atoms with E-state index in [1.165, 1.54) is 0 Å². The fourth-order valence-electron chi connectivity index (χ4n) is 1.27. The molecule has 1 saturated heterocycles. The first kappa shape index (κ1) is 13.9. The van der Waals surface area contributed by atoms with E-state index in [2.05, 4.69) is 9.26 Å². The summed E-state index contributed by atoms with van der Waals surface area (Å²) < 4.78 is 32.2. The van der Waals surface area contributed by atoms with Crippen LogP contribution in [0.5, 0.6) is 0 Å². The smallest absolute Gasteiger partial charge is 0.394 e. The summed E-state index contributed by atoms with van der Waals surface area (Å²) in [5.41, 5.74) is 0. The summed E-state index contributed by atoms with van der Waals surface area (Å²) in [7, 11) is -4.99. The van der Waals surface area contributed by atoms with Gasteiger partial charge in [-0.05, 0) is 0 Å². The van der Waals surface area contributed by atoms with Crippen LogP contribution in [0.15, 0.2) is 0 Å². The molecule has 10 heteroatoms. The molecule has 0 bridgehead atoms. The van der Waals surface area contributed by atoms with Crippen LogP contribution in [0.2, 0.25) is 0 Å². The van der Waals surface area contributed by atoms with Crippen molar-refractivity contribution in [3.05, 3.63) is 0 Å². The van der Waals surface area contributed by atoms with Crippen molar-refractivity contribution in [2.45, 2.75) is 30.8 Å². The first-order valence-electron chi connectivity index (χ1n) is 4.26. The predicted molar refractivity (Wildman–Crippen MR) is 45.8 cm³/mol. The second-order valence-corrected chi connectivity index (χ2v) is 4.44. The van der Waals surface area contributed by atoms with E-state index in [9.17, 15) is 14.1 Å². The topological polar surface area (TPSA) is 137 Å². The molecule has 1 aliphatic heterocycles. The number of phosphoric ester groups is 1. The fraction of sp³-hybridized carbons (Fsp3) is 1.00. The van der Waals surface area contributed by atoms with Crippen molar-refractivity contribution in [2.24, 2.45) is 0 Å². The van der Waals surface area contributed by atoms with Gasteiger partial charge in [-0.1, -0.05) is 0 Å². The van der Waals surface area contributed by atoms with Crippen molar-refractivity contribution in [1.82, 2.24) is 0 Å². The van der Waals surface area contributed by atoms with E-state index in [0.29, 0.717) is 0 Å². The van der Waals surface area contributed by atoms with Crippen LogP contribution in [0.1, 0.15) is 0 Å². The summed E-state index contributed by atoms with van der Waals surface area (Å²) in [6, 6.07) is 0. The van der Waals surface area contributed by atoms with Gasteiger partial charge in [-0.25, -0.2) is 8.96 Å². The highest BCUT2D eigenvalue weighted by Gasteiger charge is 2.47. The van der Waals surface area contributed by atoms with E-state index < -0.39 is 45.2 Å². The lowest BCUT2D eigenvalue weighted by molar-refractivity contribution is -0.265. The normalized spacial score (nSPS) is 41.0. The molecule has 1 aliphatic rings. The molecular formula is C6H12FO8P. The second-order valence-electron chi connectivity index (χ2n) is 3.25. The lowest BCUT2D eigenvalue weighted by Crippen LogP contribution is -2.57. The highest BCUT2D eigenvalue weighted by atomic mass is 31.2. The molecule has 0 aromatic rings. The monoisotopic (exact) mass is 262 g/mol. The van der Waals surface area contributed by atoms with Gasteiger partial charge < -0.3 is 29.8 Å². The average Bonchev–Trinajstić information content (AvgIpc) is 2.17. The number of phosphoric acid groups is 1. The van der Waals surface area contributed by atoms with Gasteiger partial charge in [-0.2, -0.15) is 0 Å². The number of ether oxygens (including phenoxy) is 1. The summed E-state index contributed by atoms with van der Waals surface area (Å²) in [6.07, 6.45) is -9.40. The Hall–Kier alpha value is -0.120. The number of halogens is 1. The summed E-state index contributed by atoms with van der Waals surface area (Å²) in [5, 5.41) is 27.1. The molecule has 5 N–H and O–H groups in total. The molecule has 0 amide bonds. The molecule has 0 spiro atoms. The van der Waals surface area contributed by atoms with Gasteiger partial charge in [0, 0.05) is 0 Å². The Morgan fingerprint density at radius 3 is 2.31 bits per heavy atom. The molecule has 1 heterocycles. The summed E-state index contributed by atoms with van der Waals surface area (Å²) in [6.45, 7) is -0.758. The SMILES string of the molecule is O=P(O)(O)OC1O[C@H](CO)[C@H](O)[C@H](O)[C@H]1F. The van der Waals surface area contributed by atoms with Crippen molar-refractivity contribution in [2.75, 3.05) is 6.61 Å². The molecule has 0 aromatic heterocycles. The van der Waals surface area contributed by atoms with E-state index in [1.54, 1.807) is 0 Å². The Balaban J connectivity index is 2.75. The maximum atomic E-state index is 13.2. The molecule has 8 nitrogen and oxygen atoms in total. The number of alkyl halides is 1. The van der Waals surface area contributed by atoms with Crippen LogP contribution in [-0.2, 0) is 13.8 Å². The van der Waals surface area contributed by atoms with Gasteiger partial charge in [0.1, 0.15) is 18.3 Å². The minimum atomic E-state index is -4.99. The van der Waals surface area contributed by atoms with Crippen molar-refractivity contribution in [3.63, 3.8) is 0 Å². The van der Waals surface area contributed by atoms with E-state index in [0.717, 1.165) is 0 Å². The lowest BCUT2D eigenvalue weighted by atomic mass is 10.0. The van der Waals surface area contributed by atoms with Crippen molar-refractivity contribution in [3.8, 4) is 0 Å². The van der Waals surface area contributed by atoms with Crippen LogP contribution < -0.4 is 0 Å². The van der Waals surface area contributed by atoms with Crippen LogP contribution in [0, 0.1) is 0 Å². The van der Waals surface area contributed by atoms with Crippen LogP contribution >= 0.6 is 7.82 Å². The summed E-state index contributed by atoms with van der Waals surface area (Å²) in [4.78, 5) is 16.9. The molecule has 1 fully saturated rings. The van der Waals surface area contributed by atoms with Gasteiger partial charge >= 0.3 is 7.82 Å². The van der Waals surface area contributed by atoms with E-state index in [-0.39, 0.29) is 0 Å². The van der Waals surface area contributed by atoms with Crippen LogP contribution in [0.4, 0.5) is 4.39 Å². The van der Waals surface area contributed by atoms with E-state index in [4.69, 9.17) is 20.0 Å². The predicted octanol–water partition coefficient (Wildman–Crippen LogP) is -2.13. The summed E-state index contributed by atoms with van der Waals surface area (Å²) in [5.74, 6) is 0. The van der Waals surface area contributed by atoms with Crippen molar-refractivity contribution >= 4 is 7.82 Å². The van der Waals surface area contributed by atoms with E-state index >= 15 is 0 Å². The molecule has 0 aliphatic carbocycles. The zero-order valence-corrected chi connectivity index (χ0v) is 8.77. The third-order valence-electron chi connectivity index (χ3n) is 2.05. The average molecular weight is 262 g/mol. The molecule has 0 radical (unpaired) electrons. The third kappa shape index (κ3) is 3.19. The van der Waals surface area contributed by atoms with Crippen LogP contribution in [0.25, 0.3) is 0 Å². The molecule has 5 atom stereocenters. The van der Waals surface area contributed by atoms with Crippen molar-refractivity contribution in [1.29, 1.82) is 0 Å². The van der Waals surface area contributed by atoms with Gasteiger partial charge in [0.15, 0.2) is 6.17 Å². The third-order valence-corrected chi connectivity index (χ3v) is 2.53. The van der Waals surface area contributed by atoms with Crippen molar-refractivity contribution < 1.29 is 43.3 Å². The van der Waals surface area contributed by atoms with E-state index in [1.807, 2.05) is 0 Å². The minimum Gasteiger partial charge on any atom is -0.394 e. The highest BCUT2D eigenvalue weighted by molar-refractivity contribution is 7.46. The van der Waals surface area contributed by atoms with Crippen LogP contribution in [0.3, 0.4) is 0 Å². The molecule has 1 unspecified atom stereocenters. The van der Waals surface area contributed by atoms with Gasteiger partial charge in [0.25, 0.3) is 0 Å². The lowest BCUT2D eigenvalue weighted by Gasteiger charge is -2.38. The van der Waals surface area contributed by atoms with Gasteiger partial charge in [0.05, 0.1) is 6.61 Å². The molecule has 16 heavy (non-hydrogen) atoms. The quantitative estimate of drug-likeness (QED) is 0.364. The number of hydrogen-bond donors (Lipinski definition) is 5.